The van der Waals surface area contributed by atoms with Crippen LogP contribution in [0, 0.1) is 11.3 Å². The summed E-state index contributed by atoms with van der Waals surface area (Å²) in [6.07, 6.45) is 5.89. The minimum absolute atomic E-state index is 0.121. The Balaban J connectivity index is 2.84. The van der Waals surface area contributed by atoms with Gasteiger partial charge in [0.05, 0.1) is 12.1 Å². The van der Waals surface area contributed by atoms with E-state index in [0.29, 0.717) is 12.5 Å². The maximum absolute atomic E-state index is 10.4. The number of nitrogens with zero attached hydrogens (tertiary/aromatic N) is 2. The summed E-state index contributed by atoms with van der Waals surface area (Å²) in [5.41, 5.74) is -0.233. The zero-order valence-corrected chi connectivity index (χ0v) is 10.1. The Morgan fingerprint density at radius 1 is 1.19 bits per heavy atom. The van der Waals surface area contributed by atoms with Gasteiger partial charge in [-0.15, -0.1) is 0 Å². The van der Waals surface area contributed by atoms with Crippen LogP contribution in [-0.2, 0) is 9.59 Å². The van der Waals surface area contributed by atoms with Crippen molar-refractivity contribution in [2.24, 2.45) is 21.3 Å². The normalized spacial score (nSPS) is 32.3. The Morgan fingerprint density at radius 2 is 1.88 bits per heavy atom. The first-order chi connectivity index (χ1) is 7.41. The largest absolute Gasteiger partial charge is 0.235 e. The van der Waals surface area contributed by atoms with Gasteiger partial charge in [-0.25, -0.2) is 14.6 Å². The second kappa shape index (κ2) is 4.73. The number of rotatable bonds is 3. The van der Waals surface area contributed by atoms with Crippen LogP contribution in [0.15, 0.2) is 9.98 Å². The summed E-state index contributed by atoms with van der Waals surface area (Å²) in [6.45, 7) is 6.76. The van der Waals surface area contributed by atoms with E-state index in [1.807, 2.05) is 6.92 Å². The monoisotopic (exact) mass is 222 g/mol. The zero-order chi connectivity index (χ0) is 12.2. The van der Waals surface area contributed by atoms with Crippen LogP contribution in [-0.4, -0.2) is 24.2 Å². The highest BCUT2D eigenvalue weighted by Gasteiger charge is 2.41. The van der Waals surface area contributed by atoms with Crippen LogP contribution in [0.5, 0.6) is 0 Å². The Kier molecular flexibility index (Phi) is 3.79. The zero-order valence-electron chi connectivity index (χ0n) is 10.1. The molecular formula is C12H18N2O2. The van der Waals surface area contributed by atoms with Crippen molar-refractivity contribution >= 4 is 12.2 Å². The van der Waals surface area contributed by atoms with Gasteiger partial charge in [0.15, 0.2) is 0 Å². The molecule has 0 aromatic heterocycles. The van der Waals surface area contributed by atoms with Gasteiger partial charge in [-0.2, -0.15) is 4.99 Å². The molecule has 0 aromatic rings. The summed E-state index contributed by atoms with van der Waals surface area (Å²) in [4.78, 5) is 28.1. The molecular weight excluding hydrogens is 204 g/mol. The van der Waals surface area contributed by atoms with Gasteiger partial charge in [-0.3, -0.25) is 0 Å². The van der Waals surface area contributed by atoms with Crippen molar-refractivity contribution in [3.63, 3.8) is 0 Å². The third kappa shape index (κ3) is 3.41. The van der Waals surface area contributed by atoms with Crippen molar-refractivity contribution in [1.29, 1.82) is 0 Å². The number of isocyanates is 2. The second-order valence-electron chi connectivity index (χ2n) is 5.75. The SMILES string of the molecule is CC1(C)CC(CN=C=O)CC(C)(N=C=O)C1. The molecule has 0 bridgehead atoms. The molecule has 0 radical (unpaired) electrons. The van der Waals surface area contributed by atoms with E-state index in [1.165, 1.54) is 0 Å². The van der Waals surface area contributed by atoms with Gasteiger partial charge in [0.1, 0.15) is 0 Å². The second-order valence-corrected chi connectivity index (χ2v) is 5.75. The number of carbonyl (C=O) groups excluding carboxylic acids is 2. The van der Waals surface area contributed by atoms with Gasteiger partial charge in [0, 0.05) is 0 Å². The van der Waals surface area contributed by atoms with Crippen molar-refractivity contribution in [3.05, 3.63) is 0 Å². The molecule has 1 saturated carbocycles. The lowest BCUT2D eigenvalue weighted by Gasteiger charge is -2.43. The molecule has 0 heterocycles. The summed E-state index contributed by atoms with van der Waals surface area (Å²) in [6, 6.07) is 0. The molecule has 0 N–H and O–H groups in total. The molecule has 0 spiro atoms. The van der Waals surface area contributed by atoms with Crippen LogP contribution >= 0.6 is 0 Å². The molecule has 0 aromatic carbocycles. The number of aliphatic imine (C=N–C) groups is 2. The van der Waals surface area contributed by atoms with E-state index in [4.69, 9.17) is 0 Å². The average molecular weight is 222 g/mol. The number of hydrogen-bond acceptors (Lipinski definition) is 4. The average Bonchev–Trinajstić information content (AvgIpc) is 2.11. The van der Waals surface area contributed by atoms with Gasteiger partial charge < -0.3 is 0 Å². The standard InChI is InChI=1S/C12H18N2O2/c1-11(2)4-10(6-13-8-15)5-12(3,7-11)14-9-16/h10H,4-7H2,1-3H3. The molecule has 1 fully saturated rings. The highest BCUT2D eigenvalue weighted by atomic mass is 16.1. The molecule has 1 aliphatic rings. The molecule has 0 amide bonds. The first-order valence-electron chi connectivity index (χ1n) is 5.53. The summed E-state index contributed by atoms with van der Waals surface area (Å²) in [5.74, 6) is 0.298. The van der Waals surface area contributed by atoms with Gasteiger partial charge in [-0.05, 0) is 37.5 Å². The Hall–Kier alpha value is -1.24. The van der Waals surface area contributed by atoms with Gasteiger partial charge >= 0.3 is 0 Å². The first-order valence-corrected chi connectivity index (χ1v) is 5.53. The first kappa shape index (κ1) is 12.8. The Morgan fingerprint density at radius 3 is 2.44 bits per heavy atom. The van der Waals surface area contributed by atoms with E-state index >= 15 is 0 Å². The molecule has 2 atom stereocenters. The van der Waals surface area contributed by atoms with Gasteiger partial charge in [0.2, 0.25) is 12.2 Å². The fourth-order valence-corrected chi connectivity index (χ4v) is 3.14. The third-order valence-electron chi connectivity index (χ3n) is 3.16. The van der Waals surface area contributed by atoms with Crippen LogP contribution in [0.1, 0.15) is 40.0 Å². The van der Waals surface area contributed by atoms with Crippen LogP contribution in [0.25, 0.3) is 0 Å². The molecule has 2 unspecified atom stereocenters. The van der Waals surface area contributed by atoms with Gasteiger partial charge in [0.25, 0.3) is 0 Å². The van der Waals surface area contributed by atoms with Gasteiger partial charge in [-0.1, -0.05) is 13.8 Å². The summed E-state index contributed by atoms with van der Waals surface area (Å²) >= 11 is 0. The third-order valence-corrected chi connectivity index (χ3v) is 3.16. The predicted octanol–water partition coefficient (Wildman–Crippen LogP) is 2.24. The molecule has 4 heteroatoms. The molecule has 1 rings (SSSR count). The Labute approximate surface area is 95.9 Å². The highest BCUT2D eigenvalue weighted by molar-refractivity contribution is 5.35. The maximum Gasteiger partial charge on any atom is 0.235 e. The minimum atomic E-state index is -0.355. The lowest BCUT2D eigenvalue weighted by atomic mass is 9.65. The molecule has 4 nitrogen and oxygen atoms in total. The fraction of sp³-hybridized carbons (Fsp3) is 0.833. The van der Waals surface area contributed by atoms with Crippen LogP contribution in [0.2, 0.25) is 0 Å². The molecule has 1 aliphatic carbocycles. The van der Waals surface area contributed by atoms with Crippen LogP contribution in [0.4, 0.5) is 0 Å². The van der Waals surface area contributed by atoms with Crippen molar-refractivity contribution in [2.75, 3.05) is 6.54 Å². The topological polar surface area (TPSA) is 58.9 Å². The van der Waals surface area contributed by atoms with E-state index < -0.39 is 0 Å². The fourth-order valence-electron chi connectivity index (χ4n) is 3.14. The summed E-state index contributed by atoms with van der Waals surface area (Å²) in [7, 11) is 0. The quantitative estimate of drug-likeness (QED) is 0.543. The number of hydrogen-bond donors (Lipinski definition) is 0. The molecule has 0 saturated heterocycles. The summed E-state index contributed by atoms with van der Waals surface area (Å²) < 4.78 is 0. The van der Waals surface area contributed by atoms with E-state index in [0.717, 1.165) is 19.3 Å². The lowest BCUT2D eigenvalue weighted by Crippen LogP contribution is -2.40. The molecule has 88 valence electrons. The van der Waals surface area contributed by atoms with E-state index in [9.17, 15) is 9.59 Å². The van der Waals surface area contributed by atoms with Crippen molar-refractivity contribution in [1.82, 2.24) is 0 Å². The van der Waals surface area contributed by atoms with E-state index in [-0.39, 0.29) is 11.0 Å². The van der Waals surface area contributed by atoms with Crippen molar-refractivity contribution in [2.45, 2.75) is 45.6 Å². The molecule has 0 aliphatic heterocycles. The minimum Gasteiger partial charge on any atom is -0.211 e. The smallest absolute Gasteiger partial charge is 0.211 e. The molecule has 16 heavy (non-hydrogen) atoms. The van der Waals surface area contributed by atoms with E-state index in [2.05, 4.69) is 23.8 Å². The van der Waals surface area contributed by atoms with Crippen molar-refractivity contribution < 1.29 is 9.59 Å². The predicted molar refractivity (Wildman–Crippen MR) is 60.6 cm³/mol. The lowest BCUT2D eigenvalue weighted by molar-refractivity contribution is 0.116. The van der Waals surface area contributed by atoms with E-state index in [1.54, 1.807) is 12.2 Å². The van der Waals surface area contributed by atoms with Crippen LogP contribution < -0.4 is 0 Å². The van der Waals surface area contributed by atoms with Crippen molar-refractivity contribution in [3.8, 4) is 0 Å². The maximum atomic E-state index is 10.4. The van der Waals surface area contributed by atoms with Crippen LogP contribution in [0.3, 0.4) is 0 Å². The Bertz CT molecular complexity index is 352. The highest BCUT2D eigenvalue weighted by Crippen LogP contribution is 2.45. The summed E-state index contributed by atoms with van der Waals surface area (Å²) in [5, 5.41) is 0.